The molecule has 0 aliphatic carbocycles. The molecule has 3 heterocycles. The van der Waals surface area contributed by atoms with Gasteiger partial charge < -0.3 is 5.32 Å². The molecule has 1 saturated heterocycles. The molecule has 1 fully saturated rings. The third-order valence-corrected chi connectivity index (χ3v) is 5.58. The van der Waals surface area contributed by atoms with Crippen LogP contribution < -0.4 is 5.32 Å². The SMILES string of the molecule is Cc1c(C(=O)NC2CCN(Cc3ccccn3)CC2)cnn1-c1cccc(Cl)c1. The number of amides is 1. The van der Waals surface area contributed by atoms with E-state index in [2.05, 4.69) is 20.3 Å². The number of carbonyl (C=O) groups excluding carboxylic acids is 1. The van der Waals surface area contributed by atoms with Crippen molar-refractivity contribution < 1.29 is 4.79 Å². The molecule has 0 atom stereocenters. The molecule has 1 amide bonds. The maximum Gasteiger partial charge on any atom is 0.254 e. The van der Waals surface area contributed by atoms with Crippen LogP contribution in [-0.4, -0.2) is 44.7 Å². The third kappa shape index (κ3) is 4.66. The van der Waals surface area contributed by atoms with E-state index in [0.29, 0.717) is 10.6 Å². The summed E-state index contributed by atoms with van der Waals surface area (Å²) in [6.07, 6.45) is 5.32. The minimum atomic E-state index is -0.0704. The molecular formula is C22H24ClN5O. The van der Waals surface area contributed by atoms with Gasteiger partial charge in [-0.15, -0.1) is 0 Å². The molecule has 1 aliphatic heterocycles. The molecule has 0 bridgehead atoms. The van der Waals surface area contributed by atoms with Crippen LogP contribution in [0.4, 0.5) is 0 Å². The molecule has 6 nitrogen and oxygen atoms in total. The Labute approximate surface area is 175 Å². The van der Waals surface area contributed by atoms with Crippen molar-refractivity contribution in [2.45, 2.75) is 32.4 Å². The Morgan fingerprint density at radius 2 is 2.03 bits per heavy atom. The van der Waals surface area contributed by atoms with Crippen LogP contribution >= 0.6 is 11.6 Å². The highest BCUT2D eigenvalue weighted by Crippen LogP contribution is 2.19. The Hall–Kier alpha value is -2.70. The van der Waals surface area contributed by atoms with Crippen molar-refractivity contribution in [3.05, 3.63) is 76.8 Å². The zero-order valence-corrected chi connectivity index (χ0v) is 17.1. The van der Waals surface area contributed by atoms with Crippen molar-refractivity contribution in [3.63, 3.8) is 0 Å². The van der Waals surface area contributed by atoms with E-state index in [1.165, 1.54) is 0 Å². The van der Waals surface area contributed by atoms with Gasteiger partial charge in [0.2, 0.25) is 0 Å². The first-order valence-corrected chi connectivity index (χ1v) is 10.2. The minimum absolute atomic E-state index is 0.0704. The highest BCUT2D eigenvalue weighted by Gasteiger charge is 2.23. The number of likely N-dealkylation sites (tertiary alicyclic amines) is 1. The lowest BCUT2D eigenvalue weighted by Gasteiger charge is -2.32. The molecule has 0 unspecified atom stereocenters. The number of nitrogens with one attached hydrogen (secondary N) is 1. The number of hydrogen-bond donors (Lipinski definition) is 1. The van der Waals surface area contributed by atoms with Crippen molar-refractivity contribution in [2.24, 2.45) is 0 Å². The van der Waals surface area contributed by atoms with Crippen LogP contribution in [0.15, 0.2) is 54.9 Å². The average Bonchev–Trinajstić information content (AvgIpc) is 3.12. The molecule has 4 rings (SSSR count). The summed E-state index contributed by atoms with van der Waals surface area (Å²) in [5.74, 6) is -0.0704. The second-order valence-corrected chi connectivity index (χ2v) is 7.82. The van der Waals surface area contributed by atoms with Gasteiger partial charge in [-0.25, -0.2) is 4.68 Å². The Morgan fingerprint density at radius 1 is 1.21 bits per heavy atom. The number of hydrogen-bond acceptors (Lipinski definition) is 4. The van der Waals surface area contributed by atoms with Crippen molar-refractivity contribution >= 4 is 17.5 Å². The number of rotatable bonds is 5. The van der Waals surface area contributed by atoms with E-state index in [1.807, 2.05) is 55.6 Å². The van der Waals surface area contributed by atoms with Crippen molar-refractivity contribution in [1.29, 1.82) is 0 Å². The van der Waals surface area contributed by atoms with Crippen molar-refractivity contribution in [3.8, 4) is 5.69 Å². The number of benzene rings is 1. The van der Waals surface area contributed by atoms with Crippen LogP contribution in [0.1, 0.15) is 34.6 Å². The quantitative estimate of drug-likeness (QED) is 0.699. The standard InChI is InChI=1S/C22H24ClN5O/c1-16-21(14-25-28(16)20-7-4-5-17(23)13-20)22(29)26-18-8-11-27(12-9-18)15-19-6-2-3-10-24-19/h2-7,10,13-14,18H,8-9,11-12,15H2,1H3,(H,26,29). The van der Waals surface area contributed by atoms with Crippen molar-refractivity contribution in [1.82, 2.24) is 25.0 Å². The molecule has 7 heteroatoms. The molecule has 150 valence electrons. The Kier molecular flexibility index (Phi) is 5.92. The number of carbonyl (C=O) groups is 1. The van der Waals surface area contributed by atoms with Gasteiger partial charge in [0.1, 0.15) is 0 Å². The molecule has 1 aliphatic rings. The van der Waals surface area contributed by atoms with Crippen LogP contribution in [0.25, 0.3) is 5.69 Å². The molecular weight excluding hydrogens is 386 g/mol. The second-order valence-electron chi connectivity index (χ2n) is 7.38. The zero-order chi connectivity index (χ0) is 20.2. The van der Waals surface area contributed by atoms with Crippen LogP contribution in [0, 0.1) is 6.92 Å². The molecule has 0 saturated carbocycles. The molecule has 0 spiro atoms. The first kappa shape index (κ1) is 19.6. The molecule has 29 heavy (non-hydrogen) atoms. The number of nitrogens with zero attached hydrogens (tertiary/aromatic N) is 4. The van der Waals surface area contributed by atoms with Gasteiger partial charge in [0.05, 0.1) is 28.8 Å². The maximum absolute atomic E-state index is 12.8. The highest BCUT2D eigenvalue weighted by atomic mass is 35.5. The summed E-state index contributed by atoms with van der Waals surface area (Å²) in [6, 6.07) is 13.6. The summed E-state index contributed by atoms with van der Waals surface area (Å²) < 4.78 is 1.75. The second kappa shape index (κ2) is 8.76. The van der Waals surface area contributed by atoms with E-state index in [9.17, 15) is 4.79 Å². The van der Waals surface area contributed by atoms with E-state index in [-0.39, 0.29) is 11.9 Å². The summed E-state index contributed by atoms with van der Waals surface area (Å²) in [4.78, 5) is 19.6. The van der Waals surface area contributed by atoms with E-state index in [1.54, 1.807) is 10.9 Å². The fourth-order valence-corrected chi connectivity index (χ4v) is 3.90. The predicted octanol–water partition coefficient (Wildman–Crippen LogP) is 3.62. The molecule has 3 aromatic rings. The summed E-state index contributed by atoms with van der Waals surface area (Å²) in [6.45, 7) is 4.65. The molecule has 1 N–H and O–H groups in total. The van der Waals surface area contributed by atoms with E-state index < -0.39 is 0 Å². The van der Waals surface area contributed by atoms with Gasteiger partial charge in [0.15, 0.2) is 0 Å². The maximum atomic E-state index is 12.8. The first-order valence-electron chi connectivity index (χ1n) is 9.84. The molecule has 2 aromatic heterocycles. The number of halogens is 1. The van der Waals surface area contributed by atoms with E-state index in [4.69, 9.17) is 11.6 Å². The third-order valence-electron chi connectivity index (χ3n) is 5.34. The fourth-order valence-electron chi connectivity index (χ4n) is 3.72. The lowest BCUT2D eigenvalue weighted by molar-refractivity contribution is 0.0908. The topological polar surface area (TPSA) is 63.1 Å². The van der Waals surface area contributed by atoms with Crippen LogP contribution in [0.3, 0.4) is 0 Å². The minimum Gasteiger partial charge on any atom is -0.349 e. The lowest BCUT2D eigenvalue weighted by atomic mass is 10.0. The van der Waals surface area contributed by atoms with Crippen LogP contribution in [-0.2, 0) is 6.54 Å². The first-order chi connectivity index (χ1) is 14.1. The number of pyridine rings is 1. The smallest absolute Gasteiger partial charge is 0.254 e. The number of aromatic nitrogens is 3. The highest BCUT2D eigenvalue weighted by molar-refractivity contribution is 6.30. The Balaban J connectivity index is 1.35. The summed E-state index contributed by atoms with van der Waals surface area (Å²) in [7, 11) is 0. The largest absolute Gasteiger partial charge is 0.349 e. The summed E-state index contributed by atoms with van der Waals surface area (Å²) in [5.41, 5.74) is 3.33. The normalized spacial score (nSPS) is 15.4. The Morgan fingerprint density at radius 3 is 2.76 bits per heavy atom. The monoisotopic (exact) mass is 409 g/mol. The fraction of sp³-hybridized carbons (Fsp3) is 0.318. The summed E-state index contributed by atoms with van der Waals surface area (Å²) >= 11 is 6.08. The zero-order valence-electron chi connectivity index (χ0n) is 16.4. The van der Waals surface area contributed by atoms with Gasteiger partial charge in [0.25, 0.3) is 5.91 Å². The van der Waals surface area contributed by atoms with E-state index >= 15 is 0 Å². The number of piperidine rings is 1. The van der Waals surface area contributed by atoms with Gasteiger partial charge in [-0.1, -0.05) is 23.7 Å². The van der Waals surface area contributed by atoms with Crippen molar-refractivity contribution in [2.75, 3.05) is 13.1 Å². The summed E-state index contributed by atoms with van der Waals surface area (Å²) in [5, 5.41) is 8.20. The van der Waals surface area contributed by atoms with Crippen LogP contribution in [0.5, 0.6) is 0 Å². The Bertz CT molecular complexity index is 980. The lowest BCUT2D eigenvalue weighted by Crippen LogP contribution is -2.44. The molecule has 1 aromatic carbocycles. The van der Waals surface area contributed by atoms with Gasteiger partial charge in [-0.05, 0) is 50.1 Å². The average molecular weight is 410 g/mol. The van der Waals surface area contributed by atoms with Gasteiger partial charge in [-0.2, -0.15) is 5.10 Å². The predicted molar refractivity (Wildman–Crippen MR) is 113 cm³/mol. The molecule has 0 radical (unpaired) electrons. The van der Waals surface area contributed by atoms with Gasteiger partial charge >= 0.3 is 0 Å². The van der Waals surface area contributed by atoms with Gasteiger partial charge in [-0.3, -0.25) is 14.7 Å². The van der Waals surface area contributed by atoms with Crippen LogP contribution in [0.2, 0.25) is 5.02 Å². The van der Waals surface area contributed by atoms with E-state index in [0.717, 1.165) is 49.6 Å². The van der Waals surface area contributed by atoms with Gasteiger partial charge in [0, 0.05) is 36.9 Å².